The fraction of sp³-hybridized carbons (Fsp3) is 0.941. The maximum absolute atomic E-state index is 11.5. The Bertz CT molecular complexity index is 219. The summed E-state index contributed by atoms with van der Waals surface area (Å²) in [5.41, 5.74) is 0. The SMILES string of the molecule is CCCCCCCCCCCCCC(=O)N[C@H](C)CO. The molecule has 0 aliphatic carbocycles. The highest BCUT2D eigenvalue weighted by Gasteiger charge is 2.05. The smallest absolute Gasteiger partial charge is 0.220 e. The predicted molar refractivity (Wildman–Crippen MR) is 85.8 cm³/mol. The van der Waals surface area contributed by atoms with E-state index in [-0.39, 0.29) is 18.6 Å². The fourth-order valence-electron chi connectivity index (χ4n) is 2.34. The first kappa shape index (κ1) is 19.4. The average molecular weight is 285 g/mol. The molecule has 3 nitrogen and oxygen atoms in total. The van der Waals surface area contributed by atoms with Crippen LogP contribution in [0.1, 0.15) is 90.9 Å². The van der Waals surface area contributed by atoms with E-state index in [4.69, 9.17) is 5.11 Å². The van der Waals surface area contributed by atoms with E-state index in [9.17, 15) is 4.79 Å². The third-order valence-corrected chi connectivity index (χ3v) is 3.69. The lowest BCUT2D eigenvalue weighted by atomic mass is 10.1. The molecule has 120 valence electrons. The highest BCUT2D eigenvalue weighted by molar-refractivity contribution is 5.76. The summed E-state index contributed by atoms with van der Waals surface area (Å²) in [6.45, 7) is 4.09. The zero-order chi connectivity index (χ0) is 15.1. The Morgan fingerprint density at radius 2 is 1.35 bits per heavy atom. The van der Waals surface area contributed by atoms with Crippen molar-refractivity contribution in [1.29, 1.82) is 0 Å². The van der Waals surface area contributed by atoms with Gasteiger partial charge in [0, 0.05) is 12.5 Å². The summed E-state index contributed by atoms with van der Waals surface area (Å²) in [4.78, 5) is 11.5. The summed E-state index contributed by atoms with van der Waals surface area (Å²) in [7, 11) is 0. The van der Waals surface area contributed by atoms with E-state index < -0.39 is 0 Å². The Labute approximate surface area is 125 Å². The Balaban J connectivity index is 3.14. The Morgan fingerprint density at radius 3 is 1.80 bits per heavy atom. The van der Waals surface area contributed by atoms with Crippen LogP contribution in [0.15, 0.2) is 0 Å². The molecule has 0 saturated carbocycles. The molecule has 0 aromatic carbocycles. The molecule has 0 rings (SSSR count). The van der Waals surface area contributed by atoms with E-state index in [1.165, 1.54) is 57.8 Å². The molecule has 0 aliphatic rings. The van der Waals surface area contributed by atoms with Crippen LogP contribution < -0.4 is 5.32 Å². The first-order valence-electron chi connectivity index (χ1n) is 8.61. The Hall–Kier alpha value is -0.570. The van der Waals surface area contributed by atoms with Gasteiger partial charge in [0.1, 0.15) is 0 Å². The molecule has 0 radical (unpaired) electrons. The molecule has 0 aromatic heterocycles. The minimum Gasteiger partial charge on any atom is -0.394 e. The summed E-state index contributed by atoms with van der Waals surface area (Å²) in [6, 6.07) is -0.116. The van der Waals surface area contributed by atoms with Crippen molar-refractivity contribution in [3.8, 4) is 0 Å². The summed E-state index contributed by atoms with van der Waals surface area (Å²) >= 11 is 0. The van der Waals surface area contributed by atoms with Gasteiger partial charge in [-0.15, -0.1) is 0 Å². The van der Waals surface area contributed by atoms with Crippen LogP contribution in [0.25, 0.3) is 0 Å². The number of nitrogens with one attached hydrogen (secondary N) is 1. The van der Waals surface area contributed by atoms with Gasteiger partial charge in [-0.1, -0.05) is 71.1 Å². The summed E-state index contributed by atoms with van der Waals surface area (Å²) in [5, 5.41) is 11.6. The minimum atomic E-state index is -0.116. The van der Waals surface area contributed by atoms with Crippen molar-refractivity contribution in [2.45, 2.75) is 96.9 Å². The molecule has 0 aliphatic heterocycles. The molecule has 1 amide bonds. The van der Waals surface area contributed by atoms with E-state index in [0.717, 1.165) is 12.8 Å². The van der Waals surface area contributed by atoms with Crippen molar-refractivity contribution in [3.63, 3.8) is 0 Å². The highest BCUT2D eigenvalue weighted by Crippen LogP contribution is 2.11. The van der Waals surface area contributed by atoms with Crippen LogP contribution in [0.2, 0.25) is 0 Å². The lowest BCUT2D eigenvalue weighted by molar-refractivity contribution is -0.122. The number of carbonyl (C=O) groups is 1. The minimum absolute atomic E-state index is 0.0179. The van der Waals surface area contributed by atoms with Crippen molar-refractivity contribution in [1.82, 2.24) is 5.32 Å². The van der Waals surface area contributed by atoms with E-state index in [2.05, 4.69) is 12.2 Å². The van der Waals surface area contributed by atoms with Gasteiger partial charge >= 0.3 is 0 Å². The maximum Gasteiger partial charge on any atom is 0.220 e. The van der Waals surface area contributed by atoms with Gasteiger partial charge in [0.05, 0.1) is 6.61 Å². The molecule has 0 spiro atoms. The number of aliphatic hydroxyl groups excluding tert-OH is 1. The quantitative estimate of drug-likeness (QED) is 0.470. The predicted octanol–water partition coefficient (Wildman–Crippen LogP) is 4.18. The second kappa shape index (κ2) is 14.8. The molecule has 0 aromatic rings. The Kier molecular flexibility index (Phi) is 14.4. The van der Waals surface area contributed by atoms with Crippen LogP contribution in [-0.4, -0.2) is 23.7 Å². The molecule has 0 fully saturated rings. The second-order valence-corrected chi connectivity index (χ2v) is 5.94. The lowest BCUT2D eigenvalue weighted by Crippen LogP contribution is -2.34. The van der Waals surface area contributed by atoms with Crippen LogP contribution in [-0.2, 0) is 4.79 Å². The monoisotopic (exact) mass is 285 g/mol. The maximum atomic E-state index is 11.5. The zero-order valence-corrected chi connectivity index (χ0v) is 13.6. The van der Waals surface area contributed by atoms with Crippen molar-refractivity contribution in [3.05, 3.63) is 0 Å². The van der Waals surface area contributed by atoms with E-state index in [0.29, 0.717) is 6.42 Å². The van der Waals surface area contributed by atoms with Gasteiger partial charge in [-0.05, 0) is 13.3 Å². The third-order valence-electron chi connectivity index (χ3n) is 3.69. The molecule has 1 atom stereocenters. The lowest BCUT2D eigenvalue weighted by Gasteiger charge is -2.10. The summed E-state index contributed by atoms with van der Waals surface area (Å²) in [6.07, 6.45) is 14.9. The van der Waals surface area contributed by atoms with Crippen LogP contribution in [0.4, 0.5) is 0 Å². The van der Waals surface area contributed by atoms with E-state index in [1.54, 1.807) is 0 Å². The molecular formula is C17H35NO2. The van der Waals surface area contributed by atoms with Crippen molar-refractivity contribution < 1.29 is 9.90 Å². The van der Waals surface area contributed by atoms with Gasteiger partial charge in [0.25, 0.3) is 0 Å². The molecule has 20 heavy (non-hydrogen) atoms. The van der Waals surface area contributed by atoms with E-state index in [1.807, 2.05) is 6.92 Å². The summed E-state index contributed by atoms with van der Waals surface area (Å²) in [5.74, 6) is 0.0717. The molecule has 0 saturated heterocycles. The van der Waals surface area contributed by atoms with Crippen molar-refractivity contribution in [2.75, 3.05) is 6.61 Å². The van der Waals surface area contributed by atoms with Gasteiger partial charge < -0.3 is 10.4 Å². The second-order valence-electron chi connectivity index (χ2n) is 5.94. The highest BCUT2D eigenvalue weighted by atomic mass is 16.3. The number of hydrogen-bond acceptors (Lipinski definition) is 2. The molecule has 0 heterocycles. The van der Waals surface area contributed by atoms with Gasteiger partial charge in [-0.3, -0.25) is 4.79 Å². The van der Waals surface area contributed by atoms with Crippen LogP contribution >= 0.6 is 0 Å². The molecule has 0 unspecified atom stereocenters. The Morgan fingerprint density at radius 1 is 0.900 bits per heavy atom. The normalized spacial score (nSPS) is 12.3. The molecular weight excluding hydrogens is 250 g/mol. The molecule has 2 N–H and O–H groups in total. The first-order chi connectivity index (χ1) is 9.70. The zero-order valence-electron chi connectivity index (χ0n) is 13.6. The number of unbranched alkanes of at least 4 members (excludes halogenated alkanes) is 10. The topological polar surface area (TPSA) is 49.3 Å². The van der Waals surface area contributed by atoms with Gasteiger partial charge in [-0.25, -0.2) is 0 Å². The van der Waals surface area contributed by atoms with Crippen LogP contribution in [0, 0.1) is 0 Å². The number of amides is 1. The number of hydrogen-bond donors (Lipinski definition) is 2. The van der Waals surface area contributed by atoms with Crippen LogP contribution in [0.5, 0.6) is 0 Å². The average Bonchev–Trinajstić information content (AvgIpc) is 2.44. The molecule has 3 heteroatoms. The largest absolute Gasteiger partial charge is 0.394 e. The van der Waals surface area contributed by atoms with Crippen molar-refractivity contribution >= 4 is 5.91 Å². The number of rotatable bonds is 14. The van der Waals surface area contributed by atoms with Crippen molar-refractivity contribution in [2.24, 2.45) is 0 Å². The third kappa shape index (κ3) is 13.9. The fourth-order valence-corrected chi connectivity index (χ4v) is 2.34. The van der Waals surface area contributed by atoms with Gasteiger partial charge in [0.2, 0.25) is 5.91 Å². The van der Waals surface area contributed by atoms with E-state index >= 15 is 0 Å². The first-order valence-corrected chi connectivity index (χ1v) is 8.61. The number of carbonyl (C=O) groups excluding carboxylic acids is 1. The molecule has 0 bridgehead atoms. The number of aliphatic hydroxyl groups is 1. The standard InChI is InChI=1S/C17H35NO2/c1-3-4-5-6-7-8-9-10-11-12-13-14-17(20)18-16(2)15-19/h16,19H,3-15H2,1-2H3,(H,18,20)/t16-/m1/s1. The van der Waals surface area contributed by atoms with Gasteiger partial charge in [-0.2, -0.15) is 0 Å². The summed E-state index contributed by atoms with van der Waals surface area (Å²) < 4.78 is 0. The van der Waals surface area contributed by atoms with Crippen LogP contribution in [0.3, 0.4) is 0 Å². The van der Waals surface area contributed by atoms with Gasteiger partial charge in [0.15, 0.2) is 0 Å².